The maximum Gasteiger partial charge on any atom is 0.287 e. The van der Waals surface area contributed by atoms with Crippen molar-refractivity contribution in [3.8, 4) is 0 Å². The summed E-state index contributed by atoms with van der Waals surface area (Å²) in [5, 5.41) is 5.46. The summed E-state index contributed by atoms with van der Waals surface area (Å²) >= 11 is 0. The molecule has 4 N–H and O–H groups in total. The summed E-state index contributed by atoms with van der Waals surface area (Å²) in [7, 11) is 0. The Balaban J connectivity index is 1.89. The summed E-state index contributed by atoms with van der Waals surface area (Å²) in [5.41, 5.74) is 6.59. The van der Waals surface area contributed by atoms with Crippen LogP contribution in [-0.4, -0.2) is 41.9 Å². The highest BCUT2D eigenvalue weighted by Crippen LogP contribution is 2.15. The SMILES string of the molecule is CC(C)N(CCNC(=O)c1ccc(NC(=O)c2cccc(N)c2)o1)C(C)C. The van der Waals surface area contributed by atoms with Crippen LogP contribution in [0, 0.1) is 0 Å². The highest BCUT2D eigenvalue weighted by Gasteiger charge is 2.16. The van der Waals surface area contributed by atoms with Crippen LogP contribution < -0.4 is 16.4 Å². The number of hydrogen-bond donors (Lipinski definition) is 3. The van der Waals surface area contributed by atoms with Crippen molar-refractivity contribution >= 4 is 23.4 Å². The first-order chi connectivity index (χ1) is 12.8. The van der Waals surface area contributed by atoms with Gasteiger partial charge in [-0.25, -0.2) is 0 Å². The molecule has 0 bridgehead atoms. The number of nitrogen functional groups attached to an aromatic ring is 1. The Morgan fingerprint density at radius 1 is 1.07 bits per heavy atom. The van der Waals surface area contributed by atoms with Crippen LogP contribution in [0.2, 0.25) is 0 Å². The van der Waals surface area contributed by atoms with Crippen LogP contribution in [0.15, 0.2) is 40.8 Å². The molecule has 0 spiro atoms. The van der Waals surface area contributed by atoms with E-state index in [0.29, 0.717) is 29.9 Å². The molecule has 1 aromatic carbocycles. The molecule has 0 saturated heterocycles. The van der Waals surface area contributed by atoms with Crippen molar-refractivity contribution in [2.75, 3.05) is 24.1 Å². The summed E-state index contributed by atoms with van der Waals surface area (Å²) < 4.78 is 5.43. The zero-order chi connectivity index (χ0) is 20.0. The van der Waals surface area contributed by atoms with Gasteiger partial charge in [0.1, 0.15) is 0 Å². The first kappa shape index (κ1) is 20.5. The van der Waals surface area contributed by atoms with Gasteiger partial charge in [-0.15, -0.1) is 0 Å². The van der Waals surface area contributed by atoms with E-state index >= 15 is 0 Å². The Morgan fingerprint density at radius 3 is 2.41 bits per heavy atom. The van der Waals surface area contributed by atoms with E-state index in [4.69, 9.17) is 10.2 Å². The average molecular weight is 372 g/mol. The summed E-state index contributed by atoms with van der Waals surface area (Å²) in [5.74, 6) is -0.308. The summed E-state index contributed by atoms with van der Waals surface area (Å²) in [6, 6.07) is 10.5. The Hall–Kier alpha value is -2.80. The molecule has 0 aliphatic carbocycles. The van der Waals surface area contributed by atoms with Crippen LogP contribution in [-0.2, 0) is 0 Å². The summed E-state index contributed by atoms with van der Waals surface area (Å²) in [4.78, 5) is 26.7. The lowest BCUT2D eigenvalue weighted by molar-refractivity contribution is 0.0910. The van der Waals surface area contributed by atoms with Crippen molar-refractivity contribution in [1.29, 1.82) is 0 Å². The van der Waals surface area contributed by atoms with Crippen LogP contribution in [0.5, 0.6) is 0 Å². The van der Waals surface area contributed by atoms with Crippen LogP contribution in [0.3, 0.4) is 0 Å². The van der Waals surface area contributed by atoms with E-state index in [2.05, 4.69) is 43.2 Å². The first-order valence-corrected chi connectivity index (χ1v) is 9.08. The molecule has 7 nitrogen and oxygen atoms in total. The Kier molecular flexibility index (Phi) is 7.01. The normalized spacial score (nSPS) is 11.2. The molecule has 0 saturated carbocycles. The predicted molar refractivity (Wildman–Crippen MR) is 107 cm³/mol. The molecule has 0 aliphatic rings. The standard InChI is InChI=1S/C20H28N4O3/c1-13(2)24(14(3)4)11-10-22-20(26)17-8-9-18(27-17)23-19(25)15-6-5-7-16(21)12-15/h5-9,12-14H,10-11,21H2,1-4H3,(H,22,26)(H,23,25). The van der Waals surface area contributed by atoms with Gasteiger partial charge >= 0.3 is 0 Å². The van der Waals surface area contributed by atoms with Crippen molar-refractivity contribution in [2.24, 2.45) is 0 Å². The van der Waals surface area contributed by atoms with Gasteiger partial charge in [-0.2, -0.15) is 0 Å². The Morgan fingerprint density at radius 2 is 1.78 bits per heavy atom. The third-order valence-electron chi connectivity index (χ3n) is 4.20. The molecule has 1 aromatic heterocycles. The maximum atomic E-state index is 12.2. The van der Waals surface area contributed by atoms with Gasteiger partial charge in [0.05, 0.1) is 0 Å². The predicted octanol–water partition coefficient (Wildman–Crippen LogP) is 2.96. The first-order valence-electron chi connectivity index (χ1n) is 9.08. The number of furan rings is 1. The van der Waals surface area contributed by atoms with Crippen LogP contribution in [0.4, 0.5) is 11.6 Å². The molecule has 1 heterocycles. The van der Waals surface area contributed by atoms with Gasteiger partial charge in [-0.1, -0.05) is 6.07 Å². The summed E-state index contributed by atoms with van der Waals surface area (Å²) in [6.07, 6.45) is 0. The number of nitrogens with two attached hydrogens (primary N) is 1. The highest BCUT2D eigenvalue weighted by molar-refractivity contribution is 6.04. The van der Waals surface area contributed by atoms with E-state index in [9.17, 15) is 9.59 Å². The number of rotatable bonds is 8. The van der Waals surface area contributed by atoms with Gasteiger partial charge < -0.3 is 15.5 Å². The van der Waals surface area contributed by atoms with E-state index in [1.54, 1.807) is 30.3 Å². The van der Waals surface area contributed by atoms with Gasteiger partial charge in [0, 0.05) is 42.5 Å². The largest absolute Gasteiger partial charge is 0.435 e. The lowest BCUT2D eigenvalue weighted by Gasteiger charge is -2.30. The fourth-order valence-electron chi connectivity index (χ4n) is 2.89. The Bertz CT molecular complexity index is 775. The zero-order valence-corrected chi connectivity index (χ0v) is 16.3. The van der Waals surface area contributed by atoms with E-state index in [-0.39, 0.29) is 23.5 Å². The monoisotopic (exact) mass is 372 g/mol. The van der Waals surface area contributed by atoms with Crippen molar-refractivity contribution in [2.45, 2.75) is 39.8 Å². The maximum absolute atomic E-state index is 12.2. The minimum Gasteiger partial charge on any atom is -0.435 e. The number of amides is 2. The van der Waals surface area contributed by atoms with Crippen molar-refractivity contribution in [3.05, 3.63) is 47.7 Å². The lowest BCUT2D eigenvalue weighted by Crippen LogP contribution is -2.42. The quantitative estimate of drug-likeness (QED) is 0.619. The van der Waals surface area contributed by atoms with E-state index in [1.807, 2.05) is 0 Å². The van der Waals surface area contributed by atoms with Crippen molar-refractivity contribution in [1.82, 2.24) is 10.2 Å². The average Bonchev–Trinajstić information content (AvgIpc) is 3.06. The summed E-state index contributed by atoms with van der Waals surface area (Å²) in [6.45, 7) is 9.78. The fraction of sp³-hybridized carbons (Fsp3) is 0.400. The highest BCUT2D eigenvalue weighted by atomic mass is 16.4. The van der Waals surface area contributed by atoms with Gasteiger partial charge in [0.25, 0.3) is 11.8 Å². The zero-order valence-electron chi connectivity index (χ0n) is 16.3. The van der Waals surface area contributed by atoms with Crippen LogP contribution in [0.25, 0.3) is 0 Å². The van der Waals surface area contributed by atoms with E-state index in [0.717, 1.165) is 6.54 Å². The van der Waals surface area contributed by atoms with E-state index < -0.39 is 0 Å². The molecule has 2 aromatic rings. The molecule has 146 valence electrons. The molecule has 0 radical (unpaired) electrons. The van der Waals surface area contributed by atoms with Gasteiger partial charge in [-0.05, 0) is 52.0 Å². The third-order valence-corrected chi connectivity index (χ3v) is 4.20. The van der Waals surface area contributed by atoms with Crippen LogP contribution in [0.1, 0.15) is 48.6 Å². The smallest absolute Gasteiger partial charge is 0.287 e. The fourth-order valence-corrected chi connectivity index (χ4v) is 2.89. The molecule has 0 unspecified atom stereocenters. The second kappa shape index (κ2) is 9.23. The number of anilines is 2. The topological polar surface area (TPSA) is 101 Å². The minimum absolute atomic E-state index is 0.151. The molecule has 2 amide bonds. The molecule has 0 fully saturated rings. The third kappa shape index (κ3) is 5.86. The van der Waals surface area contributed by atoms with Gasteiger partial charge in [0.2, 0.25) is 5.88 Å². The number of nitrogens with one attached hydrogen (secondary N) is 2. The molecule has 2 rings (SSSR count). The number of benzene rings is 1. The van der Waals surface area contributed by atoms with Crippen LogP contribution >= 0.6 is 0 Å². The molecule has 7 heteroatoms. The molecule has 0 aliphatic heterocycles. The van der Waals surface area contributed by atoms with Crippen molar-refractivity contribution in [3.63, 3.8) is 0 Å². The lowest BCUT2D eigenvalue weighted by atomic mass is 10.2. The van der Waals surface area contributed by atoms with Gasteiger partial charge in [0.15, 0.2) is 5.76 Å². The van der Waals surface area contributed by atoms with Crippen molar-refractivity contribution < 1.29 is 14.0 Å². The Labute approximate surface area is 159 Å². The molecular formula is C20H28N4O3. The molecular weight excluding hydrogens is 344 g/mol. The number of hydrogen-bond acceptors (Lipinski definition) is 5. The second-order valence-corrected chi connectivity index (χ2v) is 6.92. The second-order valence-electron chi connectivity index (χ2n) is 6.92. The minimum atomic E-state index is -0.354. The number of carbonyl (C=O) groups is 2. The molecule has 27 heavy (non-hydrogen) atoms. The van der Waals surface area contributed by atoms with E-state index in [1.165, 1.54) is 6.07 Å². The molecule has 0 atom stereocenters. The number of carbonyl (C=O) groups excluding carboxylic acids is 2. The van der Waals surface area contributed by atoms with Gasteiger partial charge in [-0.3, -0.25) is 19.8 Å². The number of nitrogens with zero attached hydrogens (tertiary/aromatic N) is 1.